The summed E-state index contributed by atoms with van der Waals surface area (Å²) < 4.78 is 1.37. The predicted molar refractivity (Wildman–Crippen MR) is 92.6 cm³/mol. The van der Waals surface area contributed by atoms with Crippen molar-refractivity contribution in [1.29, 1.82) is 0 Å². The van der Waals surface area contributed by atoms with Gasteiger partial charge in [-0.25, -0.2) is 4.68 Å². The highest BCUT2D eigenvalue weighted by Crippen LogP contribution is 2.16. The first-order chi connectivity index (χ1) is 11.6. The zero-order chi connectivity index (χ0) is 16.9. The van der Waals surface area contributed by atoms with Crippen LogP contribution in [0.25, 0.3) is 10.9 Å². The Balaban J connectivity index is 1.55. The quantitative estimate of drug-likeness (QED) is 0.785. The molecule has 0 aliphatic heterocycles. The average Bonchev–Trinajstić information content (AvgIpc) is 3.01. The minimum Gasteiger partial charge on any atom is -0.352 e. The van der Waals surface area contributed by atoms with Gasteiger partial charge in [-0.1, -0.05) is 42.0 Å². The van der Waals surface area contributed by atoms with E-state index in [2.05, 4.69) is 10.4 Å². The Kier molecular flexibility index (Phi) is 4.70. The number of fused-ring (bicyclic) bond motifs is 1. The predicted octanol–water partition coefficient (Wildman–Crippen LogP) is 3.08. The van der Waals surface area contributed by atoms with Crippen LogP contribution in [0.4, 0.5) is 0 Å². The molecule has 0 aliphatic carbocycles. The maximum Gasteiger partial charge on any atom is 0.247 e. The molecule has 5 nitrogen and oxygen atoms in total. The number of amides is 1. The van der Waals surface area contributed by atoms with Crippen molar-refractivity contribution in [3.8, 4) is 0 Å². The molecule has 3 rings (SSSR count). The summed E-state index contributed by atoms with van der Waals surface area (Å²) in [5.41, 5.74) is 2.93. The number of aryl methyl sites for hydroxylation is 1. The SMILES string of the molecule is Cc1ccc2c(cnn2C(=O)CCC(=O)NCc2ccccc2)c1. The summed E-state index contributed by atoms with van der Waals surface area (Å²) in [4.78, 5) is 24.2. The van der Waals surface area contributed by atoms with Crippen molar-refractivity contribution >= 4 is 22.7 Å². The summed E-state index contributed by atoms with van der Waals surface area (Å²) in [6.07, 6.45) is 1.96. The molecule has 0 fully saturated rings. The Morgan fingerprint density at radius 3 is 2.67 bits per heavy atom. The normalized spacial score (nSPS) is 10.7. The van der Waals surface area contributed by atoms with E-state index in [1.54, 1.807) is 6.20 Å². The molecule has 122 valence electrons. The molecule has 0 saturated heterocycles. The van der Waals surface area contributed by atoms with E-state index in [0.29, 0.717) is 6.54 Å². The molecule has 1 aromatic heterocycles. The van der Waals surface area contributed by atoms with Gasteiger partial charge < -0.3 is 5.32 Å². The Morgan fingerprint density at radius 1 is 1.08 bits per heavy atom. The van der Waals surface area contributed by atoms with Gasteiger partial charge in [0.15, 0.2) is 0 Å². The monoisotopic (exact) mass is 321 g/mol. The first-order valence-corrected chi connectivity index (χ1v) is 7.92. The number of carbonyl (C=O) groups excluding carboxylic acids is 2. The van der Waals surface area contributed by atoms with Crippen LogP contribution in [-0.4, -0.2) is 21.6 Å². The molecular formula is C19H19N3O2. The number of carbonyl (C=O) groups is 2. The van der Waals surface area contributed by atoms with E-state index < -0.39 is 0 Å². The molecule has 1 amide bonds. The van der Waals surface area contributed by atoms with Crippen LogP contribution in [0.1, 0.15) is 28.8 Å². The average molecular weight is 321 g/mol. The molecule has 1 heterocycles. The molecule has 0 spiro atoms. The molecule has 0 bridgehead atoms. The maximum absolute atomic E-state index is 12.3. The van der Waals surface area contributed by atoms with E-state index in [1.807, 2.05) is 55.5 Å². The van der Waals surface area contributed by atoms with Gasteiger partial charge in [0.05, 0.1) is 11.7 Å². The lowest BCUT2D eigenvalue weighted by atomic mass is 10.2. The number of benzene rings is 2. The summed E-state index contributed by atoms with van der Waals surface area (Å²) >= 11 is 0. The van der Waals surface area contributed by atoms with Crippen LogP contribution in [-0.2, 0) is 11.3 Å². The first-order valence-electron chi connectivity index (χ1n) is 7.92. The molecule has 0 radical (unpaired) electrons. The largest absolute Gasteiger partial charge is 0.352 e. The van der Waals surface area contributed by atoms with Gasteiger partial charge in [0.25, 0.3) is 0 Å². The van der Waals surface area contributed by atoms with Gasteiger partial charge in [0.2, 0.25) is 11.8 Å². The van der Waals surface area contributed by atoms with Crippen LogP contribution in [0.2, 0.25) is 0 Å². The smallest absolute Gasteiger partial charge is 0.247 e. The van der Waals surface area contributed by atoms with Gasteiger partial charge in [0.1, 0.15) is 0 Å². The van der Waals surface area contributed by atoms with Gasteiger partial charge in [0, 0.05) is 24.8 Å². The second-order valence-corrected chi connectivity index (χ2v) is 5.77. The third kappa shape index (κ3) is 3.68. The van der Waals surface area contributed by atoms with Gasteiger partial charge >= 0.3 is 0 Å². The van der Waals surface area contributed by atoms with Crippen molar-refractivity contribution in [3.05, 3.63) is 65.9 Å². The van der Waals surface area contributed by atoms with Crippen LogP contribution < -0.4 is 5.32 Å². The van der Waals surface area contributed by atoms with Crippen LogP contribution in [0.15, 0.2) is 54.7 Å². The molecular weight excluding hydrogens is 302 g/mol. The minimum atomic E-state index is -0.177. The van der Waals surface area contributed by atoms with Crippen LogP contribution >= 0.6 is 0 Å². The van der Waals surface area contributed by atoms with Gasteiger partial charge in [-0.05, 0) is 24.6 Å². The van der Waals surface area contributed by atoms with Crippen molar-refractivity contribution in [2.45, 2.75) is 26.3 Å². The maximum atomic E-state index is 12.3. The number of nitrogens with zero attached hydrogens (tertiary/aromatic N) is 2. The molecule has 0 aliphatic rings. The van der Waals surface area contributed by atoms with E-state index >= 15 is 0 Å². The summed E-state index contributed by atoms with van der Waals surface area (Å²) in [7, 11) is 0. The number of hydrogen-bond acceptors (Lipinski definition) is 3. The third-order valence-electron chi connectivity index (χ3n) is 3.86. The second-order valence-electron chi connectivity index (χ2n) is 5.77. The first kappa shape index (κ1) is 15.9. The molecule has 2 aromatic carbocycles. The fourth-order valence-electron chi connectivity index (χ4n) is 2.56. The summed E-state index contributed by atoms with van der Waals surface area (Å²) in [5.74, 6) is -0.316. The summed E-state index contributed by atoms with van der Waals surface area (Å²) in [6.45, 7) is 2.47. The lowest BCUT2D eigenvalue weighted by molar-refractivity contribution is -0.121. The van der Waals surface area contributed by atoms with E-state index in [1.165, 1.54) is 4.68 Å². The summed E-state index contributed by atoms with van der Waals surface area (Å²) in [6, 6.07) is 15.5. The topological polar surface area (TPSA) is 64.0 Å². The molecule has 24 heavy (non-hydrogen) atoms. The van der Waals surface area contributed by atoms with Crippen molar-refractivity contribution in [3.63, 3.8) is 0 Å². The van der Waals surface area contributed by atoms with E-state index in [0.717, 1.165) is 22.0 Å². The minimum absolute atomic E-state index is 0.130. The number of rotatable bonds is 5. The van der Waals surface area contributed by atoms with Crippen molar-refractivity contribution in [2.24, 2.45) is 0 Å². The van der Waals surface area contributed by atoms with E-state index in [9.17, 15) is 9.59 Å². The Morgan fingerprint density at radius 2 is 1.88 bits per heavy atom. The van der Waals surface area contributed by atoms with Gasteiger partial charge in [-0.2, -0.15) is 5.10 Å². The van der Waals surface area contributed by atoms with Crippen LogP contribution in [0.5, 0.6) is 0 Å². The van der Waals surface area contributed by atoms with Crippen molar-refractivity contribution < 1.29 is 9.59 Å². The third-order valence-corrected chi connectivity index (χ3v) is 3.86. The highest BCUT2D eigenvalue weighted by Gasteiger charge is 2.12. The fourth-order valence-corrected chi connectivity index (χ4v) is 2.56. The van der Waals surface area contributed by atoms with Crippen LogP contribution in [0, 0.1) is 6.92 Å². The zero-order valence-electron chi connectivity index (χ0n) is 13.5. The highest BCUT2D eigenvalue weighted by atomic mass is 16.2. The van der Waals surface area contributed by atoms with Crippen molar-refractivity contribution in [1.82, 2.24) is 15.1 Å². The van der Waals surface area contributed by atoms with Gasteiger partial charge in [-0.3, -0.25) is 9.59 Å². The fraction of sp³-hybridized carbons (Fsp3) is 0.211. The molecule has 1 N–H and O–H groups in total. The van der Waals surface area contributed by atoms with E-state index in [4.69, 9.17) is 0 Å². The lowest BCUT2D eigenvalue weighted by Gasteiger charge is -2.06. The molecule has 0 atom stereocenters. The van der Waals surface area contributed by atoms with Crippen molar-refractivity contribution in [2.75, 3.05) is 0 Å². The molecule has 0 saturated carbocycles. The second kappa shape index (κ2) is 7.08. The highest BCUT2D eigenvalue weighted by molar-refractivity contribution is 5.92. The lowest BCUT2D eigenvalue weighted by Crippen LogP contribution is -2.24. The number of nitrogens with one attached hydrogen (secondary N) is 1. The zero-order valence-corrected chi connectivity index (χ0v) is 13.5. The standard InChI is InChI=1S/C19H19N3O2/c1-14-7-8-17-16(11-14)13-21-22(17)19(24)10-9-18(23)20-12-15-5-3-2-4-6-15/h2-8,11,13H,9-10,12H2,1H3,(H,20,23). The molecule has 0 unspecified atom stereocenters. The van der Waals surface area contributed by atoms with E-state index in [-0.39, 0.29) is 24.7 Å². The Labute approximate surface area is 140 Å². The number of aromatic nitrogens is 2. The number of hydrogen-bond donors (Lipinski definition) is 1. The Bertz CT molecular complexity index is 869. The summed E-state index contributed by atoms with van der Waals surface area (Å²) in [5, 5.41) is 7.89. The van der Waals surface area contributed by atoms with Crippen LogP contribution in [0.3, 0.4) is 0 Å². The molecule has 3 aromatic rings. The van der Waals surface area contributed by atoms with Gasteiger partial charge in [-0.15, -0.1) is 0 Å². The Hall–Kier alpha value is -2.95. The molecule has 5 heteroatoms.